The molecule has 3 N–H and O–H groups in total. The number of nitrogens with one attached hydrogen (secondary N) is 3. The summed E-state index contributed by atoms with van der Waals surface area (Å²) in [4.78, 5) is 44.6. The van der Waals surface area contributed by atoms with Crippen molar-refractivity contribution >= 4 is 49.1 Å². The van der Waals surface area contributed by atoms with Gasteiger partial charge in [-0.3, -0.25) is 14.4 Å². The van der Waals surface area contributed by atoms with E-state index in [0.717, 1.165) is 15.6 Å². The van der Waals surface area contributed by atoms with Crippen LogP contribution in [-0.4, -0.2) is 28.4 Å². The molecule has 0 saturated carbocycles. The third-order valence-electron chi connectivity index (χ3n) is 5.55. The Morgan fingerprint density at radius 3 is 2.79 bits per heavy atom. The molecule has 0 radical (unpaired) electrons. The highest BCUT2D eigenvalue weighted by Gasteiger charge is 2.19. The molecule has 0 bridgehead atoms. The van der Waals surface area contributed by atoms with E-state index in [9.17, 15) is 14.4 Å². The van der Waals surface area contributed by atoms with E-state index in [4.69, 9.17) is 4.74 Å². The Labute approximate surface area is 193 Å². The topological polar surface area (TPSA) is 113 Å². The molecule has 2 aromatic heterocycles. The van der Waals surface area contributed by atoms with Gasteiger partial charge in [0.1, 0.15) is 10.6 Å². The van der Waals surface area contributed by atoms with Gasteiger partial charge >= 0.3 is 0 Å². The highest BCUT2D eigenvalue weighted by atomic mass is 32.1. The van der Waals surface area contributed by atoms with Crippen molar-refractivity contribution in [2.24, 2.45) is 0 Å². The zero-order valence-electron chi connectivity index (χ0n) is 18.4. The summed E-state index contributed by atoms with van der Waals surface area (Å²) in [6.07, 6.45) is 0. The lowest BCUT2D eigenvalue weighted by Gasteiger charge is -2.18. The summed E-state index contributed by atoms with van der Waals surface area (Å²) in [5.74, 6) is -0.165. The summed E-state index contributed by atoms with van der Waals surface area (Å²) >= 11 is 1.40. The van der Waals surface area contributed by atoms with Gasteiger partial charge in [0.05, 0.1) is 11.1 Å². The quantitative estimate of drug-likeness (QED) is 0.430. The molecular weight excluding hydrogens is 440 g/mol. The molecule has 33 heavy (non-hydrogen) atoms. The van der Waals surface area contributed by atoms with Crippen LogP contribution < -0.4 is 20.9 Å². The van der Waals surface area contributed by atoms with Crippen LogP contribution in [0.2, 0.25) is 0 Å². The zero-order valence-corrected chi connectivity index (χ0v) is 19.2. The van der Waals surface area contributed by atoms with Gasteiger partial charge in [0.25, 0.3) is 17.4 Å². The van der Waals surface area contributed by atoms with Gasteiger partial charge in [-0.2, -0.15) is 0 Å². The van der Waals surface area contributed by atoms with Crippen LogP contribution >= 0.6 is 11.3 Å². The predicted molar refractivity (Wildman–Crippen MR) is 128 cm³/mol. The van der Waals surface area contributed by atoms with Crippen molar-refractivity contribution in [2.45, 2.75) is 32.7 Å². The van der Waals surface area contributed by atoms with Crippen LogP contribution in [0.15, 0.2) is 41.2 Å². The van der Waals surface area contributed by atoms with E-state index in [1.54, 1.807) is 18.2 Å². The van der Waals surface area contributed by atoms with Gasteiger partial charge < -0.3 is 20.4 Å². The number of benzene rings is 2. The first kappa shape index (κ1) is 21.1. The maximum absolute atomic E-state index is 12.8. The SMILES string of the molecule is CC(C)(C)c1ccc2c(c1)sc1nc(C(=O)NCc3ccc4c(c3)NC(=O)CO4)[nH]c(=O)c12. The minimum absolute atomic E-state index is 0.0130. The number of aromatic nitrogens is 2. The minimum Gasteiger partial charge on any atom is -0.482 e. The summed E-state index contributed by atoms with van der Waals surface area (Å²) in [7, 11) is 0. The molecule has 0 atom stereocenters. The van der Waals surface area contributed by atoms with Crippen LogP contribution in [0, 0.1) is 0 Å². The lowest BCUT2D eigenvalue weighted by Crippen LogP contribution is -2.28. The molecule has 5 rings (SSSR count). The van der Waals surface area contributed by atoms with E-state index in [-0.39, 0.29) is 35.9 Å². The van der Waals surface area contributed by atoms with E-state index in [1.165, 1.54) is 16.9 Å². The molecule has 0 spiro atoms. The Balaban J connectivity index is 1.41. The van der Waals surface area contributed by atoms with Crippen LogP contribution in [0.1, 0.15) is 42.5 Å². The first-order chi connectivity index (χ1) is 15.7. The molecule has 0 fully saturated rings. The Bertz CT molecular complexity index is 1500. The van der Waals surface area contributed by atoms with Gasteiger partial charge in [-0.05, 0) is 34.7 Å². The molecule has 2 amide bonds. The molecule has 2 aromatic carbocycles. The van der Waals surface area contributed by atoms with E-state index >= 15 is 0 Å². The molecular formula is C24H22N4O4S. The Morgan fingerprint density at radius 2 is 2.00 bits per heavy atom. The fourth-order valence-electron chi connectivity index (χ4n) is 3.76. The van der Waals surface area contributed by atoms with Crippen molar-refractivity contribution in [1.82, 2.24) is 15.3 Å². The highest BCUT2D eigenvalue weighted by molar-refractivity contribution is 7.25. The molecule has 0 saturated heterocycles. The average Bonchev–Trinajstić information content (AvgIpc) is 3.14. The number of thiophene rings is 1. The first-order valence-corrected chi connectivity index (χ1v) is 11.3. The number of carbonyl (C=O) groups is 2. The lowest BCUT2D eigenvalue weighted by atomic mass is 9.87. The number of nitrogens with zero attached hydrogens (tertiary/aromatic N) is 1. The molecule has 9 heteroatoms. The molecule has 1 aliphatic heterocycles. The maximum Gasteiger partial charge on any atom is 0.287 e. The number of fused-ring (bicyclic) bond motifs is 4. The van der Waals surface area contributed by atoms with Gasteiger partial charge in [-0.15, -0.1) is 11.3 Å². The molecule has 1 aliphatic rings. The summed E-state index contributed by atoms with van der Waals surface area (Å²) in [5.41, 5.74) is 2.15. The summed E-state index contributed by atoms with van der Waals surface area (Å²) in [6, 6.07) is 11.3. The van der Waals surface area contributed by atoms with E-state index in [1.807, 2.05) is 12.1 Å². The number of hydrogen-bond acceptors (Lipinski definition) is 6. The number of H-pyrrole nitrogens is 1. The summed E-state index contributed by atoms with van der Waals surface area (Å²) in [6.45, 7) is 6.60. The molecule has 0 aliphatic carbocycles. The third-order valence-corrected chi connectivity index (χ3v) is 6.60. The highest BCUT2D eigenvalue weighted by Crippen LogP contribution is 2.34. The van der Waals surface area contributed by atoms with Crippen molar-refractivity contribution in [3.8, 4) is 5.75 Å². The van der Waals surface area contributed by atoms with Crippen LogP contribution in [0.5, 0.6) is 5.75 Å². The average molecular weight is 463 g/mol. The van der Waals surface area contributed by atoms with Crippen molar-refractivity contribution in [3.05, 3.63) is 63.7 Å². The van der Waals surface area contributed by atoms with Crippen LogP contribution in [0.4, 0.5) is 5.69 Å². The van der Waals surface area contributed by atoms with Crippen LogP contribution in [-0.2, 0) is 16.8 Å². The zero-order chi connectivity index (χ0) is 23.3. The van der Waals surface area contributed by atoms with Crippen molar-refractivity contribution < 1.29 is 14.3 Å². The Hall–Kier alpha value is -3.72. The number of anilines is 1. The number of amides is 2. The third kappa shape index (κ3) is 3.95. The summed E-state index contributed by atoms with van der Waals surface area (Å²) < 4.78 is 6.31. The number of hydrogen-bond donors (Lipinski definition) is 3. The van der Waals surface area contributed by atoms with Gasteiger partial charge in [-0.25, -0.2) is 4.98 Å². The minimum atomic E-state index is -0.486. The molecule has 8 nitrogen and oxygen atoms in total. The molecule has 4 aromatic rings. The monoisotopic (exact) mass is 462 g/mol. The first-order valence-electron chi connectivity index (χ1n) is 10.5. The second-order valence-electron chi connectivity index (χ2n) is 9.01. The van der Waals surface area contributed by atoms with Gasteiger partial charge in [0, 0.05) is 16.6 Å². The van der Waals surface area contributed by atoms with E-state index in [2.05, 4.69) is 47.4 Å². The largest absolute Gasteiger partial charge is 0.482 e. The fourth-order valence-corrected chi connectivity index (χ4v) is 4.88. The fraction of sp³-hybridized carbons (Fsp3) is 0.250. The maximum atomic E-state index is 12.8. The van der Waals surface area contributed by atoms with Crippen molar-refractivity contribution in [3.63, 3.8) is 0 Å². The van der Waals surface area contributed by atoms with Crippen molar-refractivity contribution in [1.29, 1.82) is 0 Å². The molecule has 0 unspecified atom stereocenters. The van der Waals surface area contributed by atoms with Gasteiger partial charge in [0.2, 0.25) is 5.82 Å². The summed E-state index contributed by atoms with van der Waals surface area (Å²) in [5, 5.41) is 6.84. The van der Waals surface area contributed by atoms with E-state index < -0.39 is 5.91 Å². The van der Waals surface area contributed by atoms with Crippen molar-refractivity contribution in [2.75, 3.05) is 11.9 Å². The Morgan fingerprint density at radius 1 is 1.18 bits per heavy atom. The standard InChI is InChI=1S/C24H22N4O4S/c1-24(2,3)13-5-6-14-17(9-13)33-23-19(14)21(30)27-20(28-23)22(31)25-10-12-4-7-16-15(8-12)26-18(29)11-32-16/h4-9H,10-11H2,1-3H3,(H,25,31)(H,26,29)(H,27,28,30). The number of carbonyl (C=O) groups excluding carboxylic acids is 2. The predicted octanol–water partition coefficient (Wildman–Crippen LogP) is 3.70. The number of aromatic amines is 1. The Kier molecular flexibility index (Phi) is 4.93. The normalized spacial score (nSPS) is 13.5. The number of ether oxygens (including phenoxy) is 1. The number of rotatable bonds is 3. The molecule has 3 heterocycles. The lowest BCUT2D eigenvalue weighted by molar-refractivity contribution is -0.118. The smallest absolute Gasteiger partial charge is 0.287 e. The van der Waals surface area contributed by atoms with Gasteiger partial charge in [-0.1, -0.05) is 39.0 Å². The molecule has 168 valence electrons. The second-order valence-corrected chi connectivity index (χ2v) is 10.0. The second kappa shape index (κ2) is 7.70. The van der Waals surface area contributed by atoms with Gasteiger partial charge in [0.15, 0.2) is 6.61 Å². The van der Waals surface area contributed by atoms with E-state index in [0.29, 0.717) is 21.7 Å². The van der Waals surface area contributed by atoms with Crippen LogP contribution in [0.3, 0.4) is 0 Å². The van der Waals surface area contributed by atoms with Crippen LogP contribution in [0.25, 0.3) is 20.3 Å².